The van der Waals surface area contributed by atoms with Crippen LogP contribution in [0.25, 0.3) is 0 Å². The van der Waals surface area contributed by atoms with Crippen LogP contribution in [0.5, 0.6) is 0 Å². The molecule has 5 heteroatoms. The molecule has 0 aliphatic carbocycles. The van der Waals surface area contributed by atoms with Crippen molar-refractivity contribution in [3.8, 4) is 0 Å². The molecule has 0 spiro atoms. The van der Waals surface area contributed by atoms with Gasteiger partial charge in [-0.05, 0) is 18.6 Å². The number of anilines is 1. The van der Waals surface area contributed by atoms with Crippen molar-refractivity contribution in [1.29, 1.82) is 0 Å². The van der Waals surface area contributed by atoms with Crippen molar-refractivity contribution in [1.82, 2.24) is 5.32 Å². The van der Waals surface area contributed by atoms with Crippen molar-refractivity contribution >= 4 is 17.6 Å². The number of para-hydroxylation sites is 1. The van der Waals surface area contributed by atoms with Gasteiger partial charge < -0.3 is 10.2 Å². The number of carbonyl (C=O) groups is 2. The third-order valence-corrected chi connectivity index (χ3v) is 3.77. The highest BCUT2D eigenvalue weighted by molar-refractivity contribution is 6.01. The largest absolute Gasteiger partial charge is 0.327 e. The normalized spacial score (nSPS) is 25.1. The number of rotatable bonds is 3. The minimum atomic E-state index is -0.469. The van der Waals surface area contributed by atoms with Crippen LogP contribution in [-0.4, -0.2) is 31.6 Å². The Morgan fingerprint density at radius 1 is 1.14 bits per heavy atom. The van der Waals surface area contributed by atoms with Gasteiger partial charge in [-0.1, -0.05) is 32.0 Å². The van der Waals surface area contributed by atoms with Crippen molar-refractivity contribution in [2.45, 2.75) is 20.3 Å². The van der Waals surface area contributed by atoms with Crippen LogP contribution in [-0.2, 0) is 4.79 Å². The van der Waals surface area contributed by atoms with Gasteiger partial charge in [-0.2, -0.15) is 0 Å². The molecule has 1 saturated heterocycles. The molecule has 1 aliphatic rings. The molecule has 3 N–H and O–H groups in total. The van der Waals surface area contributed by atoms with Crippen molar-refractivity contribution in [3.05, 3.63) is 30.3 Å². The molecule has 0 unspecified atom stereocenters. The van der Waals surface area contributed by atoms with E-state index in [0.717, 1.165) is 13.1 Å². The molecule has 2 atom stereocenters. The second kappa shape index (κ2) is 7.22. The Morgan fingerprint density at radius 3 is 2.38 bits per heavy atom. The number of quaternary nitrogens is 1. The van der Waals surface area contributed by atoms with E-state index in [1.807, 2.05) is 18.2 Å². The fraction of sp³-hybridized carbons (Fsp3) is 0.500. The maximum Gasteiger partial charge on any atom is 0.326 e. The predicted molar refractivity (Wildman–Crippen MR) is 82.1 cm³/mol. The summed E-state index contributed by atoms with van der Waals surface area (Å²) in [5.74, 6) is 1.05. The smallest absolute Gasteiger partial charge is 0.326 e. The maximum absolute atomic E-state index is 11.9. The van der Waals surface area contributed by atoms with E-state index in [1.54, 1.807) is 12.1 Å². The first-order chi connectivity index (χ1) is 10.0. The quantitative estimate of drug-likeness (QED) is 0.774. The fourth-order valence-electron chi connectivity index (χ4n) is 3.15. The first-order valence-electron chi connectivity index (χ1n) is 7.52. The molecule has 0 saturated carbocycles. The monoisotopic (exact) mass is 290 g/mol. The van der Waals surface area contributed by atoms with E-state index in [0.29, 0.717) is 24.1 Å². The van der Waals surface area contributed by atoms with Crippen LogP contribution in [0.4, 0.5) is 10.5 Å². The predicted octanol–water partition coefficient (Wildman–Crippen LogP) is 0.896. The van der Waals surface area contributed by atoms with Gasteiger partial charge in [0, 0.05) is 17.5 Å². The molecule has 3 amide bonds. The van der Waals surface area contributed by atoms with E-state index in [-0.39, 0.29) is 5.91 Å². The zero-order valence-corrected chi connectivity index (χ0v) is 12.7. The molecule has 0 aromatic heterocycles. The Labute approximate surface area is 125 Å². The van der Waals surface area contributed by atoms with Gasteiger partial charge in [0.15, 0.2) is 6.54 Å². The highest BCUT2D eigenvalue weighted by Crippen LogP contribution is 2.11. The summed E-state index contributed by atoms with van der Waals surface area (Å²) in [5, 5.41) is 5.04. The molecule has 1 fully saturated rings. The summed E-state index contributed by atoms with van der Waals surface area (Å²) in [6.07, 6.45) is 1.22. The third kappa shape index (κ3) is 5.19. The first-order valence-corrected chi connectivity index (χ1v) is 7.52. The van der Waals surface area contributed by atoms with E-state index in [1.165, 1.54) is 11.3 Å². The molecule has 0 radical (unpaired) electrons. The van der Waals surface area contributed by atoms with Crippen LogP contribution >= 0.6 is 0 Å². The standard InChI is InChI=1S/C16H23N3O2/c1-12-8-13(2)10-19(9-12)11-15(20)18-16(21)17-14-6-4-3-5-7-14/h3-7,12-13H,8-11H2,1-2H3,(H2,17,18,20,21)/p+1/t12-,13-/m1/s1. The van der Waals surface area contributed by atoms with Gasteiger partial charge in [0.25, 0.3) is 5.91 Å². The average Bonchev–Trinajstić information content (AvgIpc) is 2.37. The molecule has 114 valence electrons. The lowest BCUT2D eigenvalue weighted by atomic mass is 9.92. The van der Waals surface area contributed by atoms with E-state index < -0.39 is 6.03 Å². The Bertz CT molecular complexity index is 480. The number of hydrogen-bond acceptors (Lipinski definition) is 2. The lowest BCUT2D eigenvalue weighted by Crippen LogP contribution is -3.15. The molecular formula is C16H24N3O2+. The highest BCUT2D eigenvalue weighted by atomic mass is 16.2. The van der Waals surface area contributed by atoms with Crippen LogP contribution in [0.3, 0.4) is 0 Å². The number of piperidine rings is 1. The summed E-state index contributed by atoms with van der Waals surface area (Å²) in [4.78, 5) is 24.9. The number of carbonyl (C=O) groups excluding carboxylic acids is 2. The Kier molecular flexibility index (Phi) is 5.33. The second-order valence-electron chi connectivity index (χ2n) is 6.15. The number of imide groups is 1. The summed E-state index contributed by atoms with van der Waals surface area (Å²) in [5.41, 5.74) is 0.676. The zero-order valence-electron chi connectivity index (χ0n) is 12.7. The lowest BCUT2D eigenvalue weighted by Gasteiger charge is -2.31. The van der Waals surface area contributed by atoms with Gasteiger partial charge >= 0.3 is 6.03 Å². The Hall–Kier alpha value is -1.88. The van der Waals surface area contributed by atoms with E-state index in [2.05, 4.69) is 24.5 Å². The fourth-order valence-corrected chi connectivity index (χ4v) is 3.15. The molecule has 1 heterocycles. The number of likely N-dealkylation sites (tertiary alicyclic amines) is 1. The summed E-state index contributed by atoms with van der Waals surface area (Å²) < 4.78 is 0. The van der Waals surface area contributed by atoms with E-state index in [4.69, 9.17) is 0 Å². The second-order valence-corrected chi connectivity index (χ2v) is 6.15. The Balaban J connectivity index is 1.77. The summed E-state index contributed by atoms with van der Waals surface area (Å²) in [6, 6.07) is 8.63. The lowest BCUT2D eigenvalue weighted by molar-refractivity contribution is -0.904. The van der Waals surface area contributed by atoms with Crippen molar-refractivity contribution in [3.63, 3.8) is 0 Å². The van der Waals surface area contributed by atoms with Crippen molar-refractivity contribution in [2.75, 3.05) is 25.0 Å². The van der Waals surface area contributed by atoms with Gasteiger partial charge in [-0.15, -0.1) is 0 Å². The number of hydrogen-bond donors (Lipinski definition) is 3. The maximum atomic E-state index is 11.9. The van der Waals surface area contributed by atoms with Crippen LogP contribution < -0.4 is 15.5 Å². The summed E-state index contributed by atoms with van der Waals surface area (Å²) >= 11 is 0. The highest BCUT2D eigenvalue weighted by Gasteiger charge is 2.27. The van der Waals surface area contributed by atoms with Gasteiger partial charge in [0.2, 0.25) is 0 Å². The molecule has 1 aromatic carbocycles. The SMILES string of the molecule is C[C@@H]1C[C@@H](C)C[NH+](CC(=O)NC(=O)Nc2ccccc2)C1. The molecule has 0 bridgehead atoms. The number of benzene rings is 1. The van der Waals surface area contributed by atoms with Gasteiger partial charge in [0.05, 0.1) is 13.1 Å². The molecule has 1 aromatic rings. The van der Waals surface area contributed by atoms with Crippen molar-refractivity contribution in [2.24, 2.45) is 11.8 Å². The molecule has 21 heavy (non-hydrogen) atoms. The van der Waals surface area contributed by atoms with Gasteiger partial charge in [-0.3, -0.25) is 10.1 Å². The van der Waals surface area contributed by atoms with E-state index >= 15 is 0 Å². The molecule has 1 aliphatic heterocycles. The van der Waals surface area contributed by atoms with Gasteiger partial charge in [0.1, 0.15) is 0 Å². The minimum absolute atomic E-state index is 0.222. The molecule has 2 rings (SSSR count). The Morgan fingerprint density at radius 2 is 1.76 bits per heavy atom. The number of nitrogens with one attached hydrogen (secondary N) is 3. The van der Waals surface area contributed by atoms with Crippen LogP contribution in [0.1, 0.15) is 20.3 Å². The number of amides is 3. The summed E-state index contributed by atoms with van der Waals surface area (Å²) in [6.45, 7) is 6.79. The van der Waals surface area contributed by atoms with Crippen LogP contribution in [0.15, 0.2) is 30.3 Å². The first kappa shape index (κ1) is 15.5. The van der Waals surface area contributed by atoms with E-state index in [9.17, 15) is 9.59 Å². The average molecular weight is 290 g/mol. The number of urea groups is 1. The molecular weight excluding hydrogens is 266 g/mol. The minimum Gasteiger partial charge on any atom is -0.327 e. The zero-order chi connectivity index (χ0) is 15.2. The third-order valence-electron chi connectivity index (χ3n) is 3.77. The molecule has 5 nitrogen and oxygen atoms in total. The van der Waals surface area contributed by atoms with Crippen molar-refractivity contribution < 1.29 is 14.5 Å². The topological polar surface area (TPSA) is 62.6 Å². The van der Waals surface area contributed by atoms with Gasteiger partial charge in [-0.25, -0.2) is 4.79 Å². The van der Waals surface area contributed by atoms with Crippen LogP contribution in [0, 0.1) is 11.8 Å². The van der Waals surface area contributed by atoms with Crippen LogP contribution in [0.2, 0.25) is 0 Å². The summed E-state index contributed by atoms with van der Waals surface area (Å²) in [7, 11) is 0.